The van der Waals surface area contributed by atoms with Gasteiger partial charge in [0.1, 0.15) is 11.9 Å². The van der Waals surface area contributed by atoms with Gasteiger partial charge in [0.25, 0.3) is 5.91 Å². The average molecular weight is 306 g/mol. The van der Waals surface area contributed by atoms with E-state index in [0.29, 0.717) is 0 Å². The van der Waals surface area contributed by atoms with Crippen molar-refractivity contribution in [2.24, 2.45) is 0 Å². The van der Waals surface area contributed by atoms with Gasteiger partial charge in [-0.25, -0.2) is 4.39 Å². The van der Waals surface area contributed by atoms with Crippen molar-refractivity contribution in [2.75, 3.05) is 7.05 Å². The van der Waals surface area contributed by atoms with E-state index in [-0.39, 0.29) is 30.2 Å². The molecule has 0 spiro atoms. The van der Waals surface area contributed by atoms with Crippen LogP contribution in [0.4, 0.5) is 4.39 Å². The molecular formula is C16H19FN2O3. The fraction of sp³-hybridized carbons (Fsp3) is 0.438. The number of piperidine rings is 1. The minimum absolute atomic E-state index is 0.0726. The lowest BCUT2D eigenvalue weighted by molar-refractivity contribution is -0.136. The van der Waals surface area contributed by atoms with Gasteiger partial charge >= 0.3 is 0 Å². The number of amides is 3. The molecule has 22 heavy (non-hydrogen) atoms. The first-order valence-corrected chi connectivity index (χ1v) is 7.21. The smallest absolute Gasteiger partial charge is 0.257 e. The highest BCUT2D eigenvalue weighted by Crippen LogP contribution is 2.20. The molecule has 5 nitrogen and oxygen atoms in total. The Morgan fingerprint density at radius 1 is 1.36 bits per heavy atom. The third-order valence-electron chi connectivity index (χ3n) is 3.89. The molecular weight excluding hydrogens is 287 g/mol. The molecule has 0 aliphatic carbocycles. The lowest BCUT2D eigenvalue weighted by atomic mass is 10.00. The number of carbonyl (C=O) groups is 3. The SMILES string of the molecule is CC(C)c1ccc(C(=O)N(C)C2CCC(=O)NC2=O)c(F)c1. The van der Waals surface area contributed by atoms with E-state index in [1.54, 1.807) is 6.07 Å². The quantitative estimate of drug-likeness (QED) is 0.866. The van der Waals surface area contributed by atoms with Crippen LogP contribution in [-0.4, -0.2) is 35.7 Å². The number of hydrogen-bond donors (Lipinski definition) is 1. The Balaban J connectivity index is 2.20. The molecule has 1 aromatic carbocycles. The topological polar surface area (TPSA) is 66.5 Å². The Kier molecular flexibility index (Phi) is 4.59. The van der Waals surface area contributed by atoms with Crippen LogP contribution in [0.25, 0.3) is 0 Å². The normalized spacial score (nSPS) is 18.3. The van der Waals surface area contributed by atoms with Crippen molar-refractivity contribution < 1.29 is 18.8 Å². The maximum absolute atomic E-state index is 14.1. The first-order chi connectivity index (χ1) is 10.3. The predicted molar refractivity (Wildman–Crippen MR) is 78.8 cm³/mol. The highest BCUT2D eigenvalue weighted by Gasteiger charge is 2.33. The summed E-state index contributed by atoms with van der Waals surface area (Å²) in [6.07, 6.45) is 0.418. The molecule has 1 heterocycles. The van der Waals surface area contributed by atoms with Crippen LogP contribution in [0.3, 0.4) is 0 Å². The molecule has 1 fully saturated rings. The van der Waals surface area contributed by atoms with E-state index in [2.05, 4.69) is 5.32 Å². The van der Waals surface area contributed by atoms with Crippen molar-refractivity contribution in [2.45, 2.75) is 38.6 Å². The molecule has 1 aromatic rings. The van der Waals surface area contributed by atoms with Gasteiger partial charge in [0.15, 0.2) is 0 Å². The number of carbonyl (C=O) groups excluding carboxylic acids is 3. The molecule has 1 unspecified atom stereocenters. The van der Waals surface area contributed by atoms with E-state index < -0.39 is 23.7 Å². The summed E-state index contributed by atoms with van der Waals surface area (Å²) < 4.78 is 14.1. The summed E-state index contributed by atoms with van der Waals surface area (Å²) in [5, 5.41) is 2.19. The van der Waals surface area contributed by atoms with Gasteiger partial charge in [-0.3, -0.25) is 19.7 Å². The van der Waals surface area contributed by atoms with Gasteiger partial charge < -0.3 is 4.90 Å². The number of nitrogens with one attached hydrogen (secondary N) is 1. The van der Waals surface area contributed by atoms with Gasteiger partial charge in [-0.05, 0) is 30.0 Å². The zero-order valence-corrected chi connectivity index (χ0v) is 12.9. The maximum Gasteiger partial charge on any atom is 0.257 e. The number of hydrogen-bond acceptors (Lipinski definition) is 3. The highest BCUT2D eigenvalue weighted by atomic mass is 19.1. The Labute approximate surface area is 128 Å². The van der Waals surface area contributed by atoms with Crippen LogP contribution in [0.1, 0.15) is 48.5 Å². The maximum atomic E-state index is 14.1. The van der Waals surface area contributed by atoms with Crippen molar-refractivity contribution in [1.29, 1.82) is 0 Å². The number of rotatable bonds is 3. The van der Waals surface area contributed by atoms with E-state index in [1.165, 1.54) is 24.1 Å². The number of benzene rings is 1. The lowest BCUT2D eigenvalue weighted by Crippen LogP contribution is -2.53. The third kappa shape index (κ3) is 3.16. The van der Waals surface area contributed by atoms with E-state index in [0.717, 1.165) is 5.56 Å². The Morgan fingerprint density at radius 2 is 2.05 bits per heavy atom. The van der Waals surface area contributed by atoms with Crippen LogP contribution in [0, 0.1) is 5.82 Å². The van der Waals surface area contributed by atoms with Gasteiger partial charge in [-0.15, -0.1) is 0 Å². The van der Waals surface area contributed by atoms with Gasteiger partial charge in [0.2, 0.25) is 11.8 Å². The zero-order chi connectivity index (χ0) is 16.4. The molecule has 0 aromatic heterocycles. The first kappa shape index (κ1) is 16.1. The second kappa shape index (κ2) is 6.25. The van der Waals surface area contributed by atoms with Crippen molar-refractivity contribution in [3.63, 3.8) is 0 Å². The number of imide groups is 1. The highest BCUT2D eigenvalue weighted by molar-refractivity contribution is 6.03. The van der Waals surface area contributed by atoms with Gasteiger partial charge in [0, 0.05) is 13.5 Å². The molecule has 0 radical (unpaired) electrons. The lowest BCUT2D eigenvalue weighted by Gasteiger charge is -2.29. The van der Waals surface area contributed by atoms with E-state index in [4.69, 9.17) is 0 Å². The van der Waals surface area contributed by atoms with E-state index in [1.807, 2.05) is 13.8 Å². The van der Waals surface area contributed by atoms with Crippen LogP contribution < -0.4 is 5.32 Å². The monoisotopic (exact) mass is 306 g/mol. The first-order valence-electron chi connectivity index (χ1n) is 7.21. The molecule has 118 valence electrons. The molecule has 3 amide bonds. The van der Waals surface area contributed by atoms with Gasteiger partial charge in [-0.1, -0.05) is 19.9 Å². The summed E-state index contributed by atoms with van der Waals surface area (Å²) >= 11 is 0. The molecule has 1 atom stereocenters. The summed E-state index contributed by atoms with van der Waals surface area (Å²) in [4.78, 5) is 36.5. The average Bonchev–Trinajstić information content (AvgIpc) is 2.45. The summed E-state index contributed by atoms with van der Waals surface area (Å²) in [7, 11) is 1.44. The Bertz CT molecular complexity index is 628. The van der Waals surface area contributed by atoms with E-state index >= 15 is 0 Å². The molecule has 0 saturated carbocycles. The summed E-state index contributed by atoms with van der Waals surface area (Å²) in [6.45, 7) is 3.87. The van der Waals surface area contributed by atoms with Gasteiger partial charge in [0.05, 0.1) is 5.56 Å². The van der Waals surface area contributed by atoms with E-state index in [9.17, 15) is 18.8 Å². The summed E-state index contributed by atoms with van der Waals surface area (Å²) in [6, 6.07) is 3.74. The number of nitrogens with zero attached hydrogens (tertiary/aromatic N) is 1. The third-order valence-corrected chi connectivity index (χ3v) is 3.89. The zero-order valence-electron chi connectivity index (χ0n) is 12.9. The standard InChI is InChI=1S/C16H19FN2O3/c1-9(2)10-4-5-11(12(17)8-10)16(22)19(3)13-6-7-14(20)18-15(13)21/h4-5,8-9,13H,6-7H2,1-3H3,(H,18,20,21). The van der Waals surface area contributed by atoms with Crippen molar-refractivity contribution in [3.05, 3.63) is 35.1 Å². The predicted octanol–water partition coefficient (Wildman–Crippen LogP) is 1.83. The van der Waals surface area contributed by atoms with Crippen molar-refractivity contribution >= 4 is 17.7 Å². The van der Waals surface area contributed by atoms with Crippen LogP contribution in [0.2, 0.25) is 0 Å². The fourth-order valence-electron chi connectivity index (χ4n) is 2.45. The molecule has 1 aliphatic heterocycles. The minimum atomic E-state index is -0.755. The number of likely N-dealkylation sites (N-methyl/N-ethyl adjacent to an activating group) is 1. The van der Waals surface area contributed by atoms with Crippen LogP contribution in [-0.2, 0) is 9.59 Å². The largest absolute Gasteiger partial charge is 0.330 e. The molecule has 2 rings (SSSR count). The van der Waals surface area contributed by atoms with Crippen molar-refractivity contribution in [1.82, 2.24) is 10.2 Å². The second-order valence-electron chi connectivity index (χ2n) is 5.78. The Morgan fingerprint density at radius 3 is 2.59 bits per heavy atom. The second-order valence-corrected chi connectivity index (χ2v) is 5.78. The minimum Gasteiger partial charge on any atom is -0.330 e. The molecule has 6 heteroatoms. The van der Waals surface area contributed by atoms with Crippen LogP contribution in [0.5, 0.6) is 0 Å². The number of halogens is 1. The van der Waals surface area contributed by atoms with Crippen molar-refractivity contribution in [3.8, 4) is 0 Å². The summed E-state index contributed by atoms with van der Waals surface area (Å²) in [5.41, 5.74) is 0.731. The van der Waals surface area contributed by atoms with Crippen LogP contribution >= 0.6 is 0 Å². The van der Waals surface area contributed by atoms with Crippen LogP contribution in [0.15, 0.2) is 18.2 Å². The van der Waals surface area contributed by atoms with Gasteiger partial charge in [-0.2, -0.15) is 0 Å². The Hall–Kier alpha value is -2.24. The fourth-order valence-corrected chi connectivity index (χ4v) is 2.45. The summed E-state index contributed by atoms with van der Waals surface area (Å²) in [5.74, 6) is -1.88. The molecule has 1 N–H and O–H groups in total. The molecule has 1 aliphatic rings. The molecule has 1 saturated heterocycles. The molecule has 0 bridgehead atoms.